The molecule has 0 saturated heterocycles. The van der Waals surface area contributed by atoms with Crippen molar-refractivity contribution < 1.29 is 0 Å². The highest BCUT2D eigenvalue weighted by molar-refractivity contribution is 5.88. The van der Waals surface area contributed by atoms with Gasteiger partial charge in [-0.05, 0) is 53.3 Å². The van der Waals surface area contributed by atoms with Crippen molar-refractivity contribution >= 4 is 16.3 Å². The molecule has 0 unspecified atom stereocenters. The number of hydrogen-bond donors (Lipinski definition) is 0. The zero-order chi connectivity index (χ0) is 13.8. The first-order valence-corrected chi connectivity index (χ1v) is 6.98. The van der Waals surface area contributed by atoms with Crippen molar-refractivity contribution in [2.45, 2.75) is 33.6 Å². The summed E-state index contributed by atoms with van der Waals surface area (Å²) in [5.41, 5.74) is 3.96. The fourth-order valence-corrected chi connectivity index (χ4v) is 2.34. The predicted molar refractivity (Wildman–Crippen MR) is 86.5 cm³/mol. The van der Waals surface area contributed by atoms with E-state index in [9.17, 15) is 0 Å². The van der Waals surface area contributed by atoms with Gasteiger partial charge in [-0.1, -0.05) is 62.4 Å². The summed E-state index contributed by atoms with van der Waals surface area (Å²) < 4.78 is 0. The van der Waals surface area contributed by atoms with Crippen LogP contribution in [-0.2, 0) is 0 Å². The fraction of sp³-hybridized carbons (Fsp3) is 0.263. The van der Waals surface area contributed by atoms with Gasteiger partial charge < -0.3 is 0 Å². The Kier molecular flexibility index (Phi) is 4.21. The van der Waals surface area contributed by atoms with Crippen LogP contribution in [0.1, 0.15) is 44.7 Å². The third-order valence-electron chi connectivity index (χ3n) is 3.52. The van der Waals surface area contributed by atoms with E-state index < -0.39 is 0 Å². The van der Waals surface area contributed by atoms with Gasteiger partial charge in [0, 0.05) is 0 Å². The fourth-order valence-electron chi connectivity index (χ4n) is 2.34. The van der Waals surface area contributed by atoms with Gasteiger partial charge in [0.05, 0.1) is 0 Å². The molecular formula is C19H22. The third-order valence-corrected chi connectivity index (χ3v) is 3.52. The van der Waals surface area contributed by atoms with E-state index in [2.05, 4.69) is 82.3 Å². The Labute approximate surface area is 116 Å². The van der Waals surface area contributed by atoms with Crippen LogP contribution in [0.5, 0.6) is 0 Å². The smallest absolute Gasteiger partial charge is 0.0178 e. The van der Waals surface area contributed by atoms with E-state index in [-0.39, 0.29) is 0 Å². The average molecular weight is 250 g/mol. The van der Waals surface area contributed by atoms with Crippen LogP contribution in [0.3, 0.4) is 0 Å². The van der Waals surface area contributed by atoms with Gasteiger partial charge in [0.1, 0.15) is 0 Å². The second-order valence-corrected chi connectivity index (χ2v) is 5.22. The van der Waals surface area contributed by atoms with Crippen LogP contribution >= 0.6 is 0 Å². The number of fused-ring (bicyclic) bond motifs is 1. The Morgan fingerprint density at radius 2 is 1.63 bits per heavy atom. The zero-order valence-corrected chi connectivity index (χ0v) is 12.3. The maximum absolute atomic E-state index is 2.30. The molecule has 0 aromatic heterocycles. The molecule has 0 amide bonds. The lowest BCUT2D eigenvalue weighted by Gasteiger charge is -2.09. The molecule has 0 fully saturated rings. The molecule has 0 heterocycles. The molecule has 0 saturated carbocycles. The van der Waals surface area contributed by atoms with Crippen molar-refractivity contribution in [3.63, 3.8) is 0 Å². The van der Waals surface area contributed by atoms with Gasteiger partial charge in [-0.25, -0.2) is 0 Å². The van der Waals surface area contributed by atoms with Gasteiger partial charge in [-0.15, -0.1) is 0 Å². The molecule has 0 heteroatoms. The summed E-state index contributed by atoms with van der Waals surface area (Å²) in [4.78, 5) is 0. The van der Waals surface area contributed by atoms with Gasteiger partial charge in [-0.3, -0.25) is 0 Å². The molecule has 0 nitrogen and oxygen atoms in total. The van der Waals surface area contributed by atoms with E-state index in [0.29, 0.717) is 5.92 Å². The summed E-state index contributed by atoms with van der Waals surface area (Å²) in [6, 6.07) is 13.5. The molecule has 0 atom stereocenters. The standard InChI is InChI=1S/C19H22/c1-5-7-15(6-2)17-10-11-18-12-16(14(3)4)8-9-19(18)13-17/h5-14H,1-4H3/b7-5-,15-6+. The third kappa shape index (κ3) is 2.96. The molecule has 0 bridgehead atoms. The van der Waals surface area contributed by atoms with E-state index in [1.54, 1.807) is 0 Å². The minimum Gasteiger partial charge on any atom is -0.0871 e. The lowest BCUT2D eigenvalue weighted by molar-refractivity contribution is 0.869. The van der Waals surface area contributed by atoms with Crippen molar-refractivity contribution in [2.75, 3.05) is 0 Å². The molecular weight excluding hydrogens is 228 g/mol. The summed E-state index contributed by atoms with van der Waals surface area (Å²) in [5.74, 6) is 0.582. The Hall–Kier alpha value is -1.82. The second kappa shape index (κ2) is 5.88. The van der Waals surface area contributed by atoms with Crippen LogP contribution in [0.25, 0.3) is 16.3 Å². The van der Waals surface area contributed by atoms with Crippen LogP contribution in [0.15, 0.2) is 54.6 Å². The largest absolute Gasteiger partial charge is 0.0871 e. The number of hydrogen-bond acceptors (Lipinski definition) is 0. The molecule has 2 aromatic rings. The minimum atomic E-state index is 0.582. The average Bonchev–Trinajstić information content (AvgIpc) is 2.43. The molecule has 2 aromatic carbocycles. The van der Waals surface area contributed by atoms with E-state index in [1.165, 1.54) is 27.5 Å². The zero-order valence-electron chi connectivity index (χ0n) is 12.3. The highest BCUT2D eigenvalue weighted by atomic mass is 14.1. The van der Waals surface area contributed by atoms with E-state index in [0.717, 1.165) is 0 Å². The lowest BCUT2D eigenvalue weighted by atomic mass is 9.96. The van der Waals surface area contributed by atoms with Gasteiger partial charge in [-0.2, -0.15) is 0 Å². The van der Waals surface area contributed by atoms with Crippen molar-refractivity contribution in [1.29, 1.82) is 0 Å². The highest BCUT2D eigenvalue weighted by Crippen LogP contribution is 2.25. The van der Waals surface area contributed by atoms with Gasteiger partial charge >= 0.3 is 0 Å². The van der Waals surface area contributed by atoms with Crippen LogP contribution in [0, 0.1) is 0 Å². The first kappa shape index (κ1) is 13.6. The molecule has 0 aliphatic heterocycles. The first-order valence-electron chi connectivity index (χ1n) is 6.98. The molecule has 2 rings (SSSR count). The molecule has 0 spiro atoms. The molecule has 0 N–H and O–H groups in total. The number of allylic oxidation sites excluding steroid dienone is 4. The van der Waals surface area contributed by atoms with Gasteiger partial charge in [0.15, 0.2) is 0 Å². The summed E-state index contributed by atoms with van der Waals surface area (Å²) >= 11 is 0. The maximum atomic E-state index is 2.30. The predicted octanol–water partition coefficient (Wildman–Crippen LogP) is 5.94. The topological polar surface area (TPSA) is 0 Å². The minimum absolute atomic E-state index is 0.582. The monoisotopic (exact) mass is 250 g/mol. The van der Waals surface area contributed by atoms with Gasteiger partial charge in [0.2, 0.25) is 0 Å². The molecule has 0 radical (unpaired) electrons. The van der Waals surface area contributed by atoms with Crippen LogP contribution in [-0.4, -0.2) is 0 Å². The van der Waals surface area contributed by atoms with Crippen LogP contribution in [0.4, 0.5) is 0 Å². The SMILES string of the molecule is C/C=C\C(=C/C)c1ccc2cc(C(C)C)ccc2c1. The Balaban J connectivity index is 2.50. The second-order valence-electron chi connectivity index (χ2n) is 5.22. The molecule has 0 aliphatic carbocycles. The number of benzene rings is 2. The summed E-state index contributed by atoms with van der Waals surface area (Å²) in [6.45, 7) is 8.61. The Morgan fingerprint density at radius 3 is 2.26 bits per heavy atom. The van der Waals surface area contributed by atoms with Crippen molar-refractivity contribution in [3.05, 3.63) is 65.8 Å². The number of rotatable bonds is 3. The van der Waals surface area contributed by atoms with E-state index in [1.807, 2.05) is 0 Å². The van der Waals surface area contributed by atoms with Crippen molar-refractivity contribution in [3.8, 4) is 0 Å². The van der Waals surface area contributed by atoms with Crippen LogP contribution in [0.2, 0.25) is 0 Å². The lowest BCUT2D eigenvalue weighted by Crippen LogP contribution is -1.88. The normalized spacial score (nSPS) is 12.8. The maximum Gasteiger partial charge on any atom is -0.0178 e. The van der Waals surface area contributed by atoms with Gasteiger partial charge in [0.25, 0.3) is 0 Å². The van der Waals surface area contributed by atoms with Crippen LogP contribution < -0.4 is 0 Å². The quantitative estimate of drug-likeness (QED) is 0.591. The summed E-state index contributed by atoms with van der Waals surface area (Å²) in [7, 11) is 0. The highest BCUT2D eigenvalue weighted by Gasteiger charge is 2.03. The Morgan fingerprint density at radius 1 is 0.947 bits per heavy atom. The summed E-state index contributed by atoms with van der Waals surface area (Å²) in [6.07, 6.45) is 6.40. The summed E-state index contributed by atoms with van der Waals surface area (Å²) in [5, 5.41) is 2.64. The Bertz CT molecular complexity index is 628. The molecule has 0 aliphatic rings. The van der Waals surface area contributed by atoms with Crippen molar-refractivity contribution in [1.82, 2.24) is 0 Å². The van der Waals surface area contributed by atoms with E-state index >= 15 is 0 Å². The molecule has 19 heavy (non-hydrogen) atoms. The molecule has 98 valence electrons. The van der Waals surface area contributed by atoms with E-state index in [4.69, 9.17) is 0 Å². The van der Waals surface area contributed by atoms with Crippen molar-refractivity contribution in [2.24, 2.45) is 0 Å². The first-order chi connectivity index (χ1) is 9.15.